The normalized spacial score (nSPS) is 15.0. The summed E-state index contributed by atoms with van der Waals surface area (Å²) in [5.74, 6) is 0.709. The van der Waals surface area contributed by atoms with Crippen LogP contribution in [0.2, 0.25) is 0 Å². The fraction of sp³-hybridized carbons (Fsp3) is 0.259. The van der Waals surface area contributed by atoms with Gasteiger partial charge in [-0.1, -0.05) is 48.5 Å². The zero-order chi connectivity index (χ0) is 23.2. The van der Waals surface area contributed by atoms with Crippen molar-refractivity contribution < 1.29 is 14.3 Å². The summed E-state index contributed by atoms with van der Waals surface area (Å²) in [4.78, 5) is 29.7. The minimum absolute atomic E-state index is 0.0284. The van der Waals surface area contributed by atoms with Crippen molar-refractivity contribution in [2.45, 2.75) is 13.0 Å². The molecule has 3 aromatic rings. The first kappa shape index (κ1) is 22.6. The van der Waals surface area contributed by atoms with E-state index in [2.05, 4.69) is 21.2 Å². The molecule has 0 bridgehead atoms. The van der Waals surface area contributed by atoms with E-state index in [0.717, 1.165) is 43.2 Å². The lowest BCUT2D eigenvalue weighted by Gasteiger charge is -2.39. The quantitative estimate of drug-likeness (QED) is 0.549. The van der Waals surface area contributed by atoms with Crippen molar-refractivity contribution in [1.82, 2.24) is 4.90 Å². The van der Waals surface area contributed by atoms with E-state index in [9.17, 15) is 9.59 Å². The smallest absolute Gasteiger partial charge is 0.246 e. The van der Waals surface area contributed by atoms with E-state index in [1.807, 2.05) is 54.6 Å². The van der Waals surface area contributed by atoms with Crippen LogP contribution < -0.4 is 15.0 Å². The van der Waals surface area contributed by atoms with Gasteiger partial charge in [0.1, 0.15) is 11.8 Å². The van der Waals surface area contributed by atoms with Crippen LogP contribution in [0.15, 0.2) is 78.9 Å². The van der Waals surface area contributed by atoms with E-state index in [4.69, 9.17) is 4.74 Å². The Bertz CT molecular complexity index is 1110. The third-order valence-corrected chi connectivity index (χ3v) is 6.00. The number of rotatable bonds is 7. The minimum Gasteiger partial charge on any atom is -0.497 e. The van der Waals surface area contributed by atoms with Gasteiger partial charge in [-0.3, -0.25) is 14.5 Å². The molecule has 1 unspecified atom stereocenters. The molecule has 1 atom stereocenters. The third kappa shape index (κ3) is 5.41. The highest BCUT2D eigenvalue weighted by atomic mass is 16.5. The van der Waals surface area contributed by atoms with Crippen molar-refractivity contribution >= 4 is 23.1 Å². The van der Waals surface area contributed by atoms with Crippen molar-refractivity contribution in [1.29, 1.82) is 0 Å². The molecule has 1 fully saturated rings. The molecule has 0 aliphatic carbocycles. The number of anilines is 2. The van der Waals surface area contributed by atoms with Crippen LogP contribution in [0.5, 0.6) is 5.75 Å². The topological polar surface area (TPSA) is 61.9 Å². The lowest BCUT2D eigenvalue weighted by molar-refractivity contribution is -0.121. The second-order valence-electron chi connectivity index (χ2n) is 8.16. The first-order valence-electron chi connectivity index (χ1n) is 11.1. The molecule has 6 heteroatoms. The summed E-state index contributed by atoms with van der Waals surface area (Å²) in [5, 5.41) is 3.03. The number of ketones is 1. The van der Waals surface area contributed by atoms with Crippen LogP contribution in [0.3, 0.4) is 0 Å². The number of nitrogens with zero attached hydrogens (tertiary/aromatic N) is 2. The predicted molar refractivity (Wildman–Crippen MR) is 131 cm³/mol. The van der Waals surface area contributed by atoms with Crippen LogP contribution in [-0.2, 0) is 4.79 Å². The second-order valence-corrected chi connectivity index (χ2v) is 8.16. The van der Waals surface area contributed by atoms with E-state index in [1.54, 1.807) is 25.3 Å². The summed E-state index contributed by atoms with van der Waals surface area (Å²) in [6.07, 6.45) is 0. The van der Waals surface area contributed by atoms with E-state index >= 15 is 0 Å². The Kier molecular flexibility index (Phi) is 7.05. The van der Waals surface area contributed by atoms with Gasteiger partial charge in [-0.15, -0.1) is 0 Å². The molecule has 3 aromatic carbocycles. The first-order valence-corrected chi connectivity index (χ1v) is 11.1. The number of hydrogen-bond donors (Lipinski definition) is 1. The highest BCUT2D eigenvalue weighted by Gasteiger charge is 2.30. The fourth-order valence-corrected chi connectivity index (χ4v) is 4.24. The molecular formula is C27H29N3O3. The summed E-state index contributed by atoms with van der Waals surface area (Å²) in [7, 11) is 1.67. The van der Waals surface area contributed by atoms with Gasteiger partial charge in [-0.25, -0.2) is 0 Å². The SMILES string of the molecule is COc1cccc(N2CCN(C(C(=O)Nc3cccc(C(C)=O)c3)c3ccccc3)CC2)c1. The van der Waals surface area contributed by atoms with Gasteiger partial charge in [0.05, 0.1) is 7.11 Å². The highest BCUT2D eigenvalue weighted by molar-refractivity contribution is 5.98. The second kappa shape index (κ2) is 10.3. The van der Waals surface area contributed by atoms with E-state index in [0.29, 0.717) is 11.3 Å². The van der Waals surface area contributed by atoms with Crippen molar-refractivity contribution in [3.63, 3.8) is 0 Å². The largest absolute Gasteiger partial charge is 0.497 e. The van der Waals surface area contributed by atoms with Crippen LogP contribution in [-0.4, -0.2) is 49.9 Å². The van der Waals surface area contributed by atoms with Gasteiger partial charge in [0.2, 0.25) is 5.91 Å². The summed E-state index contributed by atoms with van der Waals surface area (Å²) in [6, 6.07) is 24.6. The maximum atomic E-state index is 13.5. The summed E-state index contributed by atoms with van der Waals surface area (Å²) >= 11 is 0. The summed E-state index contributed by atoms with van der Waals surface area (Å²) in [6.45, 7) is 4.64. The molecule has 1 heterocycles. The summed E-state index contributed by atoms with van der Waals surface area (Å²) in [5.41, 5.74) is 3.28. The lowest BCUT2D eigenvalue weighted by atomic mass is 10.0. The van der Waals surface area contributed by atoms with Crippen LogP contribution in [0.1, 0.15) is 28.9 Å². The number of ether oxygens (including phenoxy) is 1. The van der Waals surface area contributed by atoms with Gasteiger partial charge in [-0.2, -0.15) is 0 Å². The Morgan fingerprint density at radius 1 is 0.879 bits per heavy atom. The minimum atomic E-state index is -0.417. The van der Waals surface area contributed by atoms with Crippen LogP contribution in [0.4, 0.5) is 11.4 Å². The highest BCUT2D eigenvalue weighted by Crippen LogP contribution is 2.27. The molecular weight excluding hydrogens is 414 g/mol. The van der Waals surface area contributed by atoms with Gasteiger partial charge >= 0.3 is 0 Å². The number of hydrogen-bond acceptors (Lipinski definition) is 5. The van der Waals surface area contributed by atoms with Gasteiger partial charge in [0.25, 0.3) is 0 Å². The van der Waals surface area contributed by atoms with Gasteiger partial charge in [0.15, 0.2) is 5.78 Å². The molecule has 0 aromatic heterocycles. The van der Waals surface area contributed by atoms with Gasteiger partial charge in [0, 0.05) is 49.2 Å². The number of carbonyl (C=O) groups is 2. The Hall–Kier alpha value is -3.64. The van der Waals surface area contributed by atoms with Crippen LogP contribution in [0, 0.1) is 0 Å². The molecule has 1 saturated heterocycles. The molecule has 0 radical (unpaired) electrons. The maximum Gasteiger partial charge on any atom is 0.246 e. The first-order chi connectivity index (χ1) is 16.0. The fourth-order valence-electron chi connectivity index (χ4n) is 4.24. The van der Waals surface area contributed by atoms with Crippen LogP contribution in [0.25, 0.3) is 0 Å². The Morgan fingerprint density at radius 3 is 2.30 bits per heavy atom. The number of amides is 1. The maximum absolute atomic E-state index is 13.5. The average molecular weight is 444 g/mol. The molecule has 4 rings (SSSR count). The molecule has 1 amide bonds. The molecule has 170 valence electrons. The number of benzene rings is 3. The number of Topliss-reactive ketones (excluding diaryl/α,β-unsaturated/α-hetero) is 1. The lowest BCUT2D eigenvalue weighted by Crippen LogP contribution is -2.50. The Balaban J connectivity index is 1.51. The predicted octanol–water partition coefficient (Wildman–Crippen LogP) is 4.40. The molecule has 1 aliphatic rings. The molecule has 1 N–H and O–H groups in total. The third-order valence-electron chi connectivity index (χ3n) is 6.00. The Morgan fingerprint density at radius 2 is 1.61 bits per heavy atom. The van der Waals surface area contributed by atoms with Crippen molar-refractivity contribution in [3.8, 4) is 5.75 Å². The number of nitrogens with one attached hydrogen (secondary N) is 1. The van der Waals surface area contributed by atoms with E-state index in [-0.39, 0.29) is 11.7 Å². The molecule has 6 nitrogen and oxygen atoms in total. The van der Waals surface area contributed by atoms with Crippen molar-refractivity contribution in [2.75, 3.05) is 43.5 Å². The zero-order valence-electron chi connectivity index (χ0n) is 19.0. The zero-order valence-corrected chi connectivity index (χ0v) is 19.0. The van der Waals surface area contributed by atoms with Gasteiger partial charge in [-0.05, 0) is 36.8 Å². The molecule has 1 aliphatic heterocycles. The average Bonchev–Trinajstić information content (AvgIpc) is 2.85. The Labute approximate surface area is 194 Å². The number of methoxy groups -OCH3 is 1. The van der Waals surface area contributed by atoms with Gasteiger partial charge < -0.3 is 15.0 Å². The number of carbonyl (C=O) groups excluding carboxylic acids is 2. The molecule has 0 saturated carbocycles. The van der Waals surface area contributed by atoms with Crippen molar-refractivity contribution in [3.05, 3.63) is 90.0 Å². The standard InChI is InChI=1S/C27H29N3O3/c1-20(31)22-10-6-11-23(18-22)28-27(32)26(21-8-4-3-5-9-21)30-16-14-29(15-17-30)24-12-7-13-25(19-24)33-2/h3-13,18-19,26H,14-17H2,1-2H3,(H,28,32). The van der Waals surface area contributed by atoms with Crippen molar-refractivity contribution in [2.24, 2.45) is 0 Å². The van der Waals surface area contributed by atoms with E-state index in [1.165, 1.54) is 6.92 Å². The summed E-state index contributed by atoms with van der Waals surface area (Å²) < 4.78 is 5.36. The van der Waals surface area contributed by atoms with E-state index < -0.39 is 6.04 Å². The monoisotopic (exact) mass is 443 g/mol. The molecule has 0 spiro atoms. The molecule has 33 heavy (non-hydrogen) atoms. The number of piperazine rings is 1. The van der Waals surface area contributed by atoms with Crippen LogP contribution >= 0.6 is 0 Å².